The van der Waals surface area contributed by atoms with Crippen molar-refractivity contribution in [3.63, 3.8) is 0 Å². The Kier molecular flexibility index (Phi) is 3.18. The van der Waals surface area contributed by atoms with Gasteiger partial charge in [0.05, 0.1) is 0 Å². The van der Waals surface area contributed by atoms with Crippen LogP contribution in [0.5, 0.6) is 5.75 Å². The molecule has 1 aromatic rings. The van der Waals surface area contributed by atoms with Crippen LogP contribution in [0.25, 0.3) is 0 Å². The van der Waals surface area contributed by atoms with Crippen molar-refractivity contribution in [2.75, 3.05) is 0 Å². The van der Waals surface area contributed by atoms with Gasteiger partial charge in [-0.1, -0.05) is 18.2 Å². The molecule has 1 aromatic carbocycles. The van der Waals surface area contributed by atoms with Crippen molar-refractivity contribution in [3.05, 3.63) is 42.9 Å². The Bertz CT molecular complexity index is 296. The smallest absolute Gasteiger partial charge is 0.277 e. The van der Waals surface area contributed by atoms with E-state index in [1.54, 1.807) is 0 Å². The topological polar surface area (TPSA) is 18.5 Å². The number of hydrogen-bond donors (Lipinski definition) is 0. The van der Waals surface area contributed by atoms with Crippen LogP contribution in [0.3, 0.4) is 0 Å². The van der Waals surface area contributed by atoms with Gasteiger partial charge in [0.1, 0.15) is 11.4 Å². The summed E-state index contributed by atoms with van der Waals surface area (Å²) in [6.07, 6.45) is 0. The number of rotatable bonds is 3. The fourth-order valence-electron chi connectivity index (χ4n) is 0.982. The second kappa shape index (κ2) is 4.18. The summed E-state index contributed by atoms with van der Waals surface area (Å²) in [7, 11) is 0. The van der Waals surface area contributed by atoms with Crippen molar-refractivity contribution in [2.45, 2.75) is 26.4 Å². The van der Waals surface area contributed by atoms with Gasteiger partial charge < -0.3 is 9.47 Å². The Morgan fingerprint density at radius 1 is 1.14 bits per heavy atom. The molecule has 0 N–H and O–H groups in total. The van der Waals surface area contributed by atoms with Crippen LogP contribution < -0.4 is 4.74 Å². The summed E-state index contributed by atoms with van der Waals surface area (Å²) in [5.74, 6) is 1.06. The minimum Gasteiger partial charge on any atom is -0.460 e. The molecule has 0 aliphatic heterocycles. The first-order valence-corrected chi connectivity index (χ1v) is 4.58. The molecular formula is C12H16O2. The lowest BCUT2D eigenvalue weighted by atomic mass is 10.2. The van der Waals surface area contributed by atoms with Crippen molar-refractivity contribution in [2.24, 2.45) is 0 Å². The van der Waals surface area contributed by atoms with Crippen LogP contribution in [0.1, 0.15) is 20.8 Å². The van der Waals surface area contributed by atoms with Gasteiger partial charge in [0.15, 0.2) is 0 Å². The molecule has 0 aliphatic carbocycles. The lowest BCUT2D eigenvalue weighted by Crippen LogP contribution is -2.20. The summed E-state index contributed by atoms with van der Waals surface area (Å²) in [6, 6.07) is 9.45. The quantitative estimate of drug-likeness (QED) is 0.684. The van der Waals surface area contributed by atoms with E-state index < -0.39 is 0 Å². The van der Waals surface area contributed by atoms with Crippen LogP contribution in [0.2, 0.25) is 0 Å². The summed E-state index contributed by atoms with van der Waals surface area (Å²) in [4.78, 5) is 0. The first kappa shape index (κ1) is 10.6. The summed E-state index contributed by atoms with van der Waals surface area (Å²) in [6.45, 7) is 9.54. The monoisotopic (exact) mass is 192 g/mol. The molecule has 0 spiro atoms. The average Bonchev–Trinajstić information content (AvgIpc) is 2.02. The second-order valence-corrected chi connectivity index (χ2v) is 4.00. The third kappa shape index (κ3) is 3.99. The molecule has 2 nitrogen and oxygen atoms in total. The number of hydrogen-bond acceptors (Lipinski definition) is 2. The molecule has 0 unspecified atom stereocenters. The molecule has 2 heteroatoms. The SMILES string of the molecule is C=C(Oc1ccccc1)OC(C)(C)C. The van der Waals surface area contributed by atoms with E-state index in [4.69, 9.17) is 9.47 Å². The molecule has 0 fully saturated rings. The maximum absolute atomic E-state index is 5.42. The molecule has 0 amide bonds. The van der Waals surface area contributed by atoms with Gasteiger partial charge in [-0.2, -0.15) is 0 Å². The van der Waals surface area contributed by atoms with Gasteiger partial charge in [-0.25, -0.2) is 0 Å². The lowest BCUT2D eigenvalue weighted by Gasteiger charge is -2.22. The highest BCUT2D eigenvalue weighted by Gasteiger charge is 2.13. The van der Waals surface area contributed by atoms with Gasteiger partial charge >= 0.3 is 0 Å². The molecule has 0 saturated carbocycles. The van der Waals surface area contributed by atoms with Crippen molar-refractivity contribution >= 4 is 0 Å². The molecule has 0 heterocycles. The third-order valence-electron chi connectivity index (χ3n) is 1.39. The number of ether oxygens (including phenoxy) is 2. The van der Waals surface area contributed by atoms with E-state index in [9.17, 15) is 0 Å². The zero-order chi connectivity index (χ0) is 10.6. The zero-order valence-electron chi connectivity index (χ0n) is 8.91. The van der Waals surface area contributed by atoms with Crippen molar-refractivity contribution < 1.29 is 9.47 Å². The Morgan fingerprint density at radius 3 is 2.21 bits per heavy atom. The van der Waals surface area contributed by atoms with Gasteiger partial charge in [-0.15, -0.1) is 0 Å². The highest BCUT2D eigenvalue weighted by atomic mass is 16.7. The second-order valence-electron chi connectivity index (χ2n) is 4.00. The van der Waals surface area contributed by atoms with Gasteiger partial charge in [0, 0.05) is 0 Å². The molecule has 0 bridgehead atoms. The Balaban J connectivity index is 2.50. The lowest BCUT2D eigenvalue weighted by molar-refractivity contribution is -0.00446. The van der Waals surface area contributed by atoms with Crippen LogP contribution in [-0.4, -0.2) is 5.60 Å². The van der Waals surface area contributed by atoms with E-state index in [1.165, 1.54) is 0 Å². The minimum atomic E-state index is -0.272. The molecule has 1 rings (SSSR count). The summed E-state index contributed by atoms with van der Waals surface area (Å²) in [5.41, 5.74) is -0.272. The maximum Gasteiger partial charge on any atom is 0.277 e. The van der Waals surface area contributed by atoms with Gasteiger partial charge in [0.2, 0.25) is 0 Å². The van der Waals surface area contributed by atoms with Crippen LogP contribution >= 0.6 is 0 Å². The van der Waals surface area contributed by atoms with E-state index in [0.29, 0.717) is 5.95 Å². The van der Waals surface area contributed by atoms with Gasteiger partial charge in [0.25, 0.3) is 5.95 Å². The van der Waals surface area contributed by atoms with E-state index >= 15 is 0 Å². The Labute approximate surface area is 85.2 Å². The van der Waals surface area contributed by atoms with E-state index in [-0.39, 0.29) is 5.60 Å². The van der Waals surface area contributed by atoms with E-state index in [1.807, 2.05) is 51.1 Å². The van der Waals surface area contributed by atoms with Crippen LogP contribution in [0.15, 0.2) is 42.9 Å². The highest BCUT2D eigenvalue weighted by molar-refractivity contribution is 5.22. The molecule has 0 aliphatic rings. The fourth-order valence-corrected chi connectivity index (χ4v) is 0.982. The first-order valence-electron chi connectivity index (χ1n) is 4.58. The molecule has 76 valence electrons. The van der Waals surface area contributed by atoms with Crippen molar-refractivity contribution in [1.82, 2.24) is 0 Å². The van der Waals surface area contributed by atoms with Crippen LogP contribution in [0.4, 0.5) is 0 Å². The van der Waals surface area contributed by atoms with Gasteiger partial charge in [-0.05, 0) is 39.5 Å². The molecular weight excluding hydrogens is 176 g/mol. The predicted octanol–water partition coefficient (Wildman–Crippen LogP) is 3.35. The fraction of sp³-hybridized carbons (Fsp3) is 0.333. The average molecular weight is 192 g/mol. The number of para-hydroxylation sites is 1. The Hall–Kier alpha value is -1.44. The molecule has 0 atom stereocenters. The first-order chi connectivity index (χ1) is 6.47. The largest absolute Gasteiger partial charge is 0.460 e. The molecule has 0 radical (unpaired) electrons. The maximum atomic E-state index is 5.42. The predicted molar refractivity (Wildman–Crippen MR) is 57.0 cm³/mol. The molecule has 14 heavy (non-hydrogen) atoms. The highest BCUT2D eigenvalue weighted by Crippen LogP contribution is 2.17. The van der Waals surface area contributed by atoms with Crippen LogP contribution in [0, 0.1) is 0 Å². The third-order valence-corrected chi connectivity index (χ3v) is 1.39. The van der Waals surface area contributed by atoms with E-state index in [0.717, 1.165) is 5.75 Å². The summed E-state index contributed by atoms with van der Waals surface area (Å²) in [5, 5.41) is 0. The normalized spacial score (nSPS) is 10.8. The van der Waals surface area contributed by atoms with Crippen molar-refractivity contribution in [1.29, 1.82) is 0 Å². The number of benzene rings is 1. The van der Waals surface area contributed by atoms with E-state index in [2.05, 4.69) is 6.58 Å². The minimum absolute atomic E-state index is 0.272. The molecule has 0 saturated heterocycles. The summed E-state index contributed by atoms with van der Waals surface area (Å²) < 4.78 is 10.8. The zero-order valence-corrected chi connectivity index (χ0v) is 8.91. The summed E-state index contributed by atoms with van der Waals surface area (Å²) >= 11 is 0. The van der Waals surface area contributed by atoms with Crippen LogP contribution in [-0.2, 0) is 4.74 Å². The standard InChI is InChI=1S/C12H16O2/c1-10(14-12(2,3)4)13-11-8-6-5-7-9-11/h5-9H,1H2,2-4H3. The molecule has 0 aromatic heterocycles. The van der Waals surface area contributed by atoms with Gasteiger partial charge in [-0.3, -0.25) is 0 Å². The van der Waals surface area contributed by atoms with Crippen molar-refractivity contribution in [3.8, 4) is 5.75 Å². The Morgan fingerprint density at radius 2 is 1.71 bits per heavy atom.